The molecule has 14 nitrogen and oxygen atoms in total. The molecule has 3 N–H and O–H groups in total. The molecule has 0 saturated carbocycles. The molecule has 1 aliphatic rings. The Hall–Kier alpha value is -5.96. The van der Waals surface area contributed by atoms with Crippen molar-refractivity contribution in [1.29, 1.82) is 0 Å². The lowest BCUT2D eigenvalue weighted by Gasteiger charge is -2.40. The van der Waals surface area contributed by atoms with Crippen molar-refractivity contribution >= 4 is 38.9 Å². The van der Waals surface area contributed by atoms with Gasteiger partial charge in [-0.1, -0.05) is 0 Å². The Kier molecular flexibility index (Phi) is 7.90. The third kappa shape index (κ3) is 5.88. The third-order valence-electron chi connectivity index (χ3n) is 7.99. The van der Waals surface area contributed by atoms with E-state index in [0.717, 1.165) is 6.92 Å². The molecule has 0 aliphatic carbocycles. The Morgan fingerprint density at radius 3 is 2.18 bits per heavy atom. The smallest absolute Gasteiger partial charge is 0.379 e. The Morgan fingerprint density at radius 2 is 1.41 bits per heavy atom. The van der Waals surface area contributed by atoms with Crippen LogP contribution in [0.15, 0.2) is 100 Å². The number of hydrogen-bond donors (Lipinski definition) is 3. The maximum absolute atomic E-state index is 13.3. The van der Waals surface area contributed by atoms with Crippen LogP contribution in [0.5, 0.6) is 23.0 Å². The highest BCUT2D eigenvalue weighted by Crippen LogP contribution is 2.46. The average molecular weight is 671 g/mol. The number of aliphatic hydroxyl groups is 2. The van der Waals surface area contributed by atoms with E-state index in [9.17, 15) is 34.5 Å². The molecule has 14 heteroatoms. The number of hydrogen-bond acceptors (Lipinski definition) is 14. The molecular weight excluding hydrogens is 644 g/mol. The molecule has 49 heavy (non-hydrogen) atoms. The minimum Gasteiger partial charge on any atom is -0.507 e. The first-order valence-electron chi connectivity index (χ1n) is 14.9. The second kappa shape index (κ2) is 12.2. The second-order valence-electron chi connectivity index (χ2n) is 11.3. The monoisotopic (exact) mass is 670 g/mol. The Labute approximate surface area is 273 Å². The second-order valence-corrected chi connectivity index (χ2v) is 11.3. The van der Waals surface area contributed by atoms with Crippen LogP contribution < -0.4 is 26.4 Å². The lowest BCUT2D eigenvalue weighted by atomic mass is 9.97. The fraction of sp³-hybridized carbons (Fsp3) is 0.200. The number of phenols is 1. The molecule has 0 radical (unpaired) electrons. The van der Waals surface area contributed by atoms with E-state index in [4.69, 9.17) is 32.2 Å². The Bertz CT molecular complexity index is 2440. The summed E-state index contributed by atoms with van der Waals surface area (Å²) in [4.78, 5) is 49.0. The van der Waals surface area contributed by atoms with Crippen molar-refractivity contribution in [1.82, 2.24) is 0 Å². The normalized spacial score (nSPS) is 20.8. The van der Waals surface area contributed by atoms with Gasteiger partial charge in [-0.2, -0.15) is 0 Å². The summed E-state index contributed by atoms with van der Waals surface area (Å²) in [6, 6.07) is 17.3. The SMILES string of the molecule is CC(=O)O[C@@H]1[C@@H](O)[C@@H](O)[C@H](Oc2ccc3ccc(=O)oc3c2-c2c(O)ccc3cc(Oc4ccc5ccc(=O)oc5c4)c(=O)oc23)O[C@@H]1C. The lowest BCUT2D eigenvalue weighted by Crippen LogP contribution is -2.59. The van der Waals surface area contributed by atoms with Gasteiger partial charge in [0.05, 0.1) is 17.2 Å². The number of fused-ring (bicyclic) bond motifs is 3. The van der Waals surface area contributed by atoms with Crippen LogP contribution in [0.2, 0.25) is 0 Å². The Morgan fingerprint density at radius 1 is 0.735 bits per heavy atom. The van der Waals surface area contributed by atoms with Crippen molar-refractivity contribution in [2.75, 3.05) is 0 Å². The lowest BCUT2D eigenvalue weighted by molar-refractivity contribution is -0.272. The highest BCUT2D eigenvalue weighted by molar-refractivity contribution is 6.05. The molecule has 0 spiro atoms. The fourth-order valence-corrected chi connectivity index (χ4v) is 5.73. The van der Waals surface area contributed by atoms with Crippen LogP contribution in [0.4, 0.5) is 0 Å². The van der Waals surface area contributed by atoms with Crippen LogP contribution in [0.25, 0.3) is 44.0 Å². The van der Waals surface area contributed by atoms with Gasteiger partial charge in [-0.15, -0.1) is 0 Å². The van der Waals surface area contributed by atoms with Gasteiger partial charge >= 0.3 is 22.8 Å². The molecule has 1 fully saturated rings. The minimum atomic E-state index is -1.71. The molecule has 3 aromatic heterocycles. The summed E-state index contributed by atoms with van der Waals surface area (Å²) in [6.07, 6.45) is -6.95. The van der Waals surface area contributed by atoms with Gasteiger partial charge in [0.1, 0.15) is 40.6 Å². The average Bonchev–Trinajstić information content (AvgIpc) is 3.06. The van der Waals surface area contributed by atoms with Crippen molar-refractivity contribution in [2.45, 2.75) is 44.6 Å². The summed E-state index contributed by atoms with van der Waals surface area (Å²) in [5.74, 6) is -1.24. The maximum Gasteiger partial charge on any atom is 0.379 e. The number of phenolic OH excluding ortho intramolecular Hbond substituents is 1. The first kappa shape index (κ1) is 31.6. The van der Waals surface area contributed by atoms with Crippen LogP contribution in [0.3, 0.4) is 0 Å². The first-order valence-corrected chi connectivity index (χ1v) is 14.9. The molecule has 7 rings (SSSR count). The molecule has 0 amide bonds. The van der Waals surface area contributed by atoms with E-state index in [1.54, 1.807) is 24.3 Å². The number of aromatic hydroxyl groups is 1. The molecule has 4 heterocycles. The number of rotatable bonds is 6. The van der Waals surface area contributed by atoms with Crippen LogP contribution in [0.1, 0.15) is 13.8 Å². The number of carbonyl (C=O) groups excluding carboxylic acids is 1. The van der Waals surface area contributed by atoms with E-state index in [1.165, 1.54) is 55.5 Å². The summed E-state index contributed by atoms with van der Waals surface area (Å²) in [6.45, 7) is 2.66. The van der Waals surface area contributed by atoms with Crippen LogP contribution in [-0.4, -0.2) is 52.0 Å². The van der Waals surface area contributed by atoms with Gasteiger partial charge in [0, 0.05) is 41.3 Å². The van der Waals surface area contributed by atoms with Gasteiger partial charge in [0.15, 0.2) is 11.7 Å². The molecule has 5 atom stereocenters. The number of esters is 1. The molecule has 1 aliphatic heterocycles. The van der Waals surface area contributed by atoms with Gasteiger partial charge in [-0.05, 0) is 61.5 Å². The summed E-state index contributed by atoms with van der Waals surface area (Å²) >= 11 is 0. The van der Waals surface area contributed by atoms with E-state index >= 15 is 0 Å². The van der Waals surface area contributed by atoms with E-state index in [1.807, 2.05) is 0 Å². The van der Waals surface area contributed by atoms with Crippen molar-refractivity contribution in [3.05, 3.63) is 104 Å². The molecule has 0 bridgehead atoms. The van der Waals surface area contributed by atoms with E-state index < -0.39 is 59.3 Å². The maximum atomic E-state index is 13.3. The van der Waals surface area contributed by atoms with Crippen LogP contribution >= 0.6 is 0 Å². The highest BCUT2D eigenvalue weighted by Gasteiger charge is 2.46. The van der Waals surface area contributed by atoms with Gasteiger partial charge in [0.2, 0.25) is 12.0 Å². The number of benzene rings is 3. The molecule has 1 saturated heterocycles. The standard InChI is InChI=1S/C35H26O14/c1-15-31(44-16(2)36)29(40)30(41)35(43-15)47-22-10-5-18-7-12-26(39)48-32(18)28(22)27-21(37)9-4-19-13-24(34(42)49-33(19)27)45-20-8-3-17-6-11-25(38)46-23(17)14-20/h3-15,29-31,35,37,40-41H,1-2H3/t15-,29+,30-,31+,35+/m1/s1. The van der Waals surface area contributed by atoms with Gasteiger partial charge in [-0.3, -0.25) is 4.79 Å². The largest absolute Gasteiger partial charge is 0.507 e. The van der Waals surface area contributed by atoms with E-state index in [2.05, 4.69) is 0 Å². The predicted molar refractivity (Wildman–Crippen MR) is 171 cm³/mol. The summed E-state index contributed by atoms with van der Waals surface area (Å²) in [5.41, 5.74) is -2.36. The van der Waals surface area contributed by atoms with Crippen LogP contribution in [0, 0.1) is 0 Å². The van der Waals surface area contributed by atoms with Crippen molar-refractivity contribution in [3.8, 4) is 34.1 Å². The van der Waals surface area contributed by atoms with E-state index in [0.29, 0.717) is 10.8 Å². The third-order valence-corrected chi connectivity index (χ3v) is 7.99. The quantitative estimate of drug-likeness (QED) is 0.170. The molecule has 3 aromatic carbocycles. The molecular formula is C35H26O14. The number of ether oxygens (including phenoxy) is 4. The Balaban J connectivity index is 1.34. The molecule has 250 valence electrons. The van der Waals surface area contributed by atoms with Gasteiger partial charge in [0.25, 0.3) is 0 Å². The number of carbonyl (C=O) groups is 1. The van der Waals surface area contributed by atoms with Gasteiger partial charge < -0.3 is 47.5 Å². The van der Waals surface area contributed by atoms with Crippen molar-refractivity contribution in [2.24, 2.45) is 0 Å². The highest BCUT2D eigenvalue weighted by atomic mass is 16.7. The first-order chi connectivity index (χ1) is 23.5. The zero-order chi connectivity index (χ0) is 34.6. The topological polar surface area (TPSA) is 205 Å². The van der Waals surface area contributed by atoms with E-state index in [-0.39, 0.29) is 50.5 Å². The van der Waals surface area contributed by atoms with Crippen molar-refractivity contribution < 1.29 is 52.3 Å². The van der Waals surface area contributed by atoms with Crippen LogP contribution in [-0.2, 0) is 14.3 Å². The predicted octanol–water partition coefficient (Wildman–Crippen LogP) is 3.95. The zero-order valence-electron chi connectivity index (χ0n) is 25.6. The number of aliphatic hydroxyl groups excluding tert-OH is 2. The summed E-state index contributed by atoms with van der Waals surface area (Å²) < 4.78 is 39.2. The van der Waals surface area contributed by atoms with Gasteiger partial charge in [-0.25, -0.2) is 14.4 Å². The fourth-order valence-electron chi connectivity index (χ4n) is 5.73. The van der Waals surface area contributed by atoms with Crippen molar-refractivity contribution in [3.63, 3.8) is 0 Å². The zero-order valence-corrected chi connectivity index (χ0v) is 25.6. The summed E-state index contributed by atoms with van der Waals surface area (Å²) in [7, 11) is 0. The minimum absolute atomic E-state index is 0.0419. The summed E-state index contributed by atoms with van der Waals surface area (Å²) in [5, 5.41) is 34.2. The molecule has 0 unspecified atom stereocenters. The molecule has 6 aromatic rings.